The fourth-order valence-corrected chi connectivity index (χ4v) is 7.77. The molecule has 0 aliphatic heterocycles. The second-order valence-electron chi connectivity index (χ2n) is 13.9. The number of rotatable bonds is 10. The van der Waals surface area contributed by atoms with E-state index in [1.54, 1.807) is 13.8 Å². The van der Waals surface area contributed by atoms with Gasteiger partial charge in [-0.2, -0.15) is 13.2 Å². The molecular weight excluding hydrogens is 543 g/mol. The molecule has 0 heterocycles. The van der Waals surface area contributed by atoms with Crippen LogP contribution in [0.3, 0.4) is 0 Å². The van der Waals surface area contributed by atoms with Crippen molar-refractivity contribution in [1.82, 2.24) is 0 Å². The number of halogens is 5. The molecule has 3 rings (SSSR count). The predicted octanol–water partition coefficient (Wildman–Crippen LogP) is 7.41. The Kier molecular flexibility index (Phi) is 10.6. The summed E-state index contributed by atoms with van der Waals surface area (Å²) in [6.45, 7) is 5.73. The number of fused-ring (bicyclic) bond motifs is 1. The highest BCUT2D eigenvalue weighted by atomic mass is 19.4. The van der Waals surface area contributed by atoms with Crippen LogP contribution in [0.15, 0.2) is 35.5 Å². The second-order valence-corrected chi connectivity index (χ2v) is 13.9. The molecule has 236 valence electrons. The Morgan fingerprint density at radius 3 is 2.17 bits per heavy atom. The Bertz CT molecular complexity index is 948. The number of aliphatic hydroxyl groups excluding tert-OH is 2. The quantitative estimate of drug-likeness (QED) is 0.157. The summed E-state index contributed by atoms with van der Waals surface area (Å²) in [5.74, 6) is -4.06. The second kappa shape index (κ2) is 12.7. The summed E-state index contributed by atoms with van der Waals surface area (Å²) in [7, 11) is 0. The molecule has 0 amide bonds. The molecule has 3 saturated carbocycles. The molecule has 3 fully saturated rings. The minimum Gasteiger partial charge on any atom is -0.393 e. The Labute approximate surface area is 241 Å². The van der Waals surface area contributed by atoms with Crippen LogP contribution >= 0.6 is 0 Å². The van der Waals surface area contributed by atoms with Gasteiger partial charge in [-0.05, 0) is 114 Å². The van der Waals surface area contributed by atoms with Crippen LogP contribution in [0.4, 0.5) is 22.0 Å². The summed E-state index contributed by atoms with van der Waals surface area (Å²) >= 11 is 0. The monoisotopic (exact) mass is 592 g/mol. The van der Waals surface area contributed by atoms with E-state index in [1.165, 1.54) is 5.57 Å². The molecule has 0 spiro atoms. The average molecular weight is 593 g/mol. The van der Waals surface area contributed by atoms with Gasteiger partial charge in [0, 0.05) is 6.92 Å². The third-order valence-corrected chi connectivity index (χ3v) is 9.94. The molecule has 0 aromatic carbocycles. The van der Waals surface area contributed by atoms with E-state index in [9.17, 15) is 42.4 Å². The summed E-state index contributed by atoms with van der Waals surface area (Å²) < 4.78 is 68.3. The van der Waals surface area contributed by atoms with E-state index in [0.717, 1.165) is 43.8 Å². The molecule has 1 unspecified atom stereocenters. The predicted molar refractivity (Wildman–Crippen MR) is 149 cm³/mol. The topological polar surface area (TPSA) is 80.9 Å². The lowest BCUT2D eigenvalue weighted by Crippen LogP contribution is -2.56. The maximum atomic E-state index is 13.9. The molecular formula is C32H49F5O4. The third-order valence-electron chi connectivity index (χ3n) is 9.94. The summed E-state index contributed by atoms with van der Waals surface area (Å²) in [5, 5.41) is 40.3. The molecule has 0 aromatic heterocycles. The number of allylic oxidation sites excluding steroid dienone is 4. The van der Waals surface area contributed by atoms with Crippen LogP contribution in [0.5, 0.6) is 0 Å². The average Bonchev–Trinajstić information content (AvgIpc) is 3.16. The van der Waals surface area contributed by atoms with Crippen molar-refractivity contribution in [3.8, 4) is 0 Å². The van der Waals surface area contributed by atoms with Crippen molar-refractivity contribution >= 4 is 0 Å². The first kappa shape index (κ1) is 34.2. The summed E-state index contributed by atoms with van der Waals surface area (Å²) in [6, 6.07) is 0. The van der Waals surface area contributed by atoms with Gasteiger partial charge in [0.25, 0.3) is 5.92 Å². The van der Waals surface area contributed by atoms with Gasteiger partial charge in [-0.15, -0.1) is 0 Å². The minimum absolute atomic E-state index is 0.0776. The van der Waals surface area contributed by atoms with Gasteiger partial charge in [0.2, 0.25) is 5.60 Å². The third kappa shape index (κ3) is 8.21. The van der Waals surface area contributed by atoms with E-state index in [0.29, 0.717) is 38.5 Å². The van der Waals surface area contributed by atoms with E-state index in [-0.39, 0.29) is 42.6 Å². The molecule has 0 aromatic rings. The van der Waals surface area contributed by atoms with Crippen LogP contribution in [0.25, 0.3) is 0 Å². The highest BCUT2D eigenvalue weighted by Gasteiger charge is 2.65. The van der Waals surface area contributed by atoms with E-state index in [1.807, 2.05) is 6.08 Å². The largest absolute Gasteiger partial charge is 0.426 e. The lowest BCUT2D eigenvalue weighted by Gasteiger charge is -2.45. The minimum atomic E-state index is -5.52. The molecule has 3 aliphatic rings. The van der Waals surface area contributed by atoms with Crippen LogP contribution in [0.2, 0.25) is 0 Å². The van der Waals surface area contributed by atoms with Crippen LogP contribution in [-0.2, 0) is 0 Å². The van der Waals surface area contributed by atoms with Crippen molar-refractivity contribution in [3.63, 3.8) is 0 Å². The van der Waals surface area contributed by atoms with Crippen molar-refractivity contribution < 1.29 is 42.4 Å². The van der Waals surface area contributed by atoms with Crippen molar-refractivity contribution in [3.05, 3.63) is 35.5 Å². The molecule has 9 heteroatoms. The molecule has 41 heavy (non-hydrogen) atoms. The van der Waals surface area contributed by atoms with Crippen LogP contribution in [0, 0.1) is 23.2 Å². The van der Waals surface area contributed by atoms with Crippen molar-refractivity contribution in [2.24, 2.45) is 23.2 Å². The SMILES string of the molecule is CC(C)(O)CCC[C@@H](C/C=C/C(O)(C(C)(F)F)C(F)(F)F)[C@H]1CC[C@H]2/C(=C/C=C3C[C@@H](O)C[C@H](O)C3)CCC[C@]12C. The normalized spacial score (nSPS) is 33.2. The Morgan fingerprint density at radius 1 is 0.976 bits per heavy atom. The number of alkyl halides is 5. The highest BCUT2D eigenvalue weighted by Crippen LogP contribution is 2.60. The van der Waals surface area contributed by atoms with E-state index in [4.69, 9.17) is 0 Å². The zero-order chi connectivity index (χ0) is 30.9. The molecule has 0 saturated heterocycles. The van der Waals surface area contributed by atoms with Gasteiger partial charge in [-0.3, -0.25) is 0 Å². The standard InChI is InChI=1S/C32H49F5O4/c1-28(2,40)15-5-8-22(10-7-17-31(41,30(4,33)34)32(35,36)37)26-13-14-27-23(9-6-16-29(26,27)3)12-11-21-18-24(38)20-25(39)19-21/h7,11-12,17,22,24-27,38-41H,5-6,8-10,13-16,18-20H2,1-4H3/b17-7+,23-12+/t22-,24+,25+,26+,27-,29+,31?/m0/s1. The van der Waals surface area contributed by atoms with Crippen molar-refractivity contribution in [2.75, 3.05) is 0 Å². The van der Waals surface area contributed by atoms with Crippen molar-refractivity contribution in [2.45, 2.75) is 140 Å². The Balaban J connectivity index is 1.85. The molecule has 3 aliphatic carbocycles. The Hall–Kier alpha value is -1.29. The Morgan fingerprint density at radius 2 is 1.61 bits per heavy atom. The lowest BCUT2D eigenvalue weighted by atomic mass is 9.60. The maximum absolute atomic E-state index is 13.9. The molecule has 4 N–H and O–H groups in total. The van der Waals surface area contributed by atoms with Gasteiger partial charge in [0.05, 0.1) is 17.8 Å². The van der Waals surface area contributed by atoms with Gasteiger partial charge in [0.1, 0.15) is 0 Å². The lowest BCUT2D eigenvalue weighted by molar-refractivity contribution is -0.305. The maximum Gasteiger partial charge on any atom is 0.426 e. The molecule has 0 bridgehead atoms. The first-order valence-electron chi connectivity index (χ1n) is 15.1. The highest BCUT2D eigenvalue weighted by molar-refractivity contribution is 5.26. The molecule has 4 nitrogen and oxygen atoms in total. The smallest absolute Gasteiger partial charge is 0.393 e. The summed E-state index contributed by atoms with van der Waals surface area (Å²) in [6.07, 6.45) is 6.91. The van der Waals surface area contributed by atoms with Crippen LogP contribution < -0.4 is 0 Å². The van der Waals surface area contributed by atoms with Crippen molar-refractivity contribution in [1.29, 1.82) is 0 Å². The van der Waals surface area contributed by atoms with Gasteiger partial charge in [0.15, 0.2) is 0 Å². The van der Waals surface area contributed by atoms with E-state index in [2.05, 4.69) is 13.0 Å². The molecule has 0 radical (unpaired) electrons. The fraction of sp³-hybridized carbons (Fsp3) is 0.812. The van der Waals surface area contributed by atoms with Gasteiger partial charge < -0.3 is 20.4 Å². The van der Waals surface area contributed by atoms with Gasteiger partial charge in [-0.25, -0.2) is 8.78 Å². The summed E-state index contributed by atoms with van der Waals surface area (Å²) in [5.41, 5.74) is -2.92. The summed E-state index contributed by atoms with van der Waals surface area (Å²) in [4.78, 5) is 0. The van der Waals surface area contributed by atoms with Crippen LogP contribution in [0.1, 0.15) is 105 Å². The van der Waals surface area contributed by atoms with E-state index >= 15 is 0 Å². The zero-order valence-electron chi connectivity index (χ0n) is 24.9. The van der Waals surface area contributed by atoms with Gasteiger partial charge in [-0.1, -0.05) is 42.7 Å². The zero-order valence-corrected chi connectivity index (χ0v) is 24.9. The molecule has 7 atom stereocenters. The number of aliphatic hydroxyl groups is 4. The van der Waals surface area contributed by atoms with E-state index < -0.39 is 35.5 Å². The fourth-order valence-electron chi connectivity index (χ4n) is 7.77. The number of hydrogen-bond donors (Lipinski definition) is 4. The van der Waals surface area contributed by atoms with Gasteiger partial charge >= 0.3 is 6.18 Å². The first-order valence-corrected chi connectivity index (χ1v) is 15.1. The number of hydrogen-bond acceptors (Lipinski definition) is 4. The first-order chi connectivity index (χ1) is 18.8. The van der Waals surface area contributed by atoms with Crippen LogP contribution in [-0.4, -0.2) is 55.9 Å².